The number of amides is 1. The van der Waals surface area contributed by atoms with Crippen LogP contribution in [0.3, 0.4) is 0 Å². The van der Waals surface area contributed by atoms with E-state index in [0.717, 1.165) is 56.1 Å². The first kappa shape index (κ1) is 21.0. The molecule has 33 heavy (non-hydrogen) atoms. The minimum absolute atomic E-state index is 0.245. The number of benzene rings is 2. The van der Waals surface area contributed by atoms with Crippen molar-refractivity contribution in [2.45, 2.75) is 32.1 Å². The average Bonchev–Trinajstić information content (AvgIpc) is 3.43. The van der Waals surface area contributed by atoms with Crippen molar-refractivity contribution in [1.82, 2.24) is 9.80 Å². The Balaban J connectivity index is 1.06. The quantitative estimate of drug-likeness (QED) is 0.560. The topological polar surface area (TPSA) is 42.0 Å². The molecule has 0 saturated carbocycles. The lowest BCUT2D eigenvalue weighted by molar-refractivity contribution is -0.131. The second-order valence-corrected chi connectivity index (χ2v) is 10.5. The summed E-state index contributed by atoms with van der Waals surface area (Å²) in [6.45, 7) is 5.31. The highest BCUT2D eigenvalue weighted by Gasteiger charge is 2.28. The third-order valence-electron chi connectivity index (χ3n) is 7.38. The summed E-state index contributed by atoms with van der Waals surface area (Å²) in [6.07, 6.45) is 4.89. The Bertz CT molecular complexity index is 1170. The van der Waals surface area contributed by atoms with Gasteiger partial charge in [0.2, 0.25) is 12.7 Å². The van der Waals surface area contributed by atoms with Crippen molar-refractivity contribution in [1.29, 1.82) is 0 Å². The van der Waals surface area contributed by atoms with Gasteiger partial charge in [0.25, 0.3) is 0 Å². The van der Waals surface area contributed by atoms with Gasteiger partial charge in [0, 0.05) is 30.9 Å². The molecule has 1 atom stereocenters. The summed E-state index contributed by atoms with van der Waals surface area (Å²) in [5.74, 6) is 2.39. The summed E-state index contributed by atoms with van der Waals surface area (Å²) >= 11 is 1.85. The molecule has 2 aromatic carbocycles. The van der Waals surface area contributed by atoms with E-state index in [0.29, 0.717) is 12.3 Å². The Morgan fingerprint density at radius 3 is 2.82 bits per heavy atom. The molecule has 0 aliphatic carbocycles. The first-order chi connectivity index (χ1) is 16.2. The third-order valence-corrected chi connectivity index (χ3v) is 8.39. The van der Waals surface area contributed by atoms with Crippen molar-refractivity contribution < 1.29 is 14.3 Å². The molecule has 1 fully saturated rings. The van der Waals surface area contributed by atoms with Gasteiger partial charge in [0.1, 0.15) is 0 Å². The van der Waals surface area contributed by atoms with Crippen LogP contribution in [-0.2, 0) is 24.1 Å². The van der Waals surface area contributed by atoms with Crippen LogP contribution in [0.15, 0.2) is 41.8 Å². The van der Waals surface area contributed by atoms with E-state index in [9.17, 15) is 4.79 Å². The van der Waals surface area contributed by atoms with Gasteiger partial charge in [0.05, 0.1) is 6.42 Å². The molecule has 172 valence electrons. The van der Waals surface area contributed by atoms with E-state index in [1.807, 2.05) is 17.4 Å². The lowest BCUT2D eigenvalue weighted by atomic mass is 9.96. The number of carbonyl (C=O) groups is 1. The number of thiophene rings is 1. The molecule has 1 saturated heterocycles. The zero-order chi connectivity index (χ0) is 22.2. The van der Waals surface area contributed by atoms with Gasteiger partial charge in [-0.1, -0.05) is 18.2 Å². The van der Waals surface area contributed by atoms with Gasteiger partial charge in [-0.3, -0.25) is 4.79 Å². The maximum Gasteiger partial charge on any atom is 0.231 e. The molecule has 3 aromatic rings. The van der Waals surface area contributed by atoms with Crippen LogP contribution < -0.4 is 9.47 Å². The first-order valence-corrected chi connectivity index (χ1v) is 13.0. The maximum atomic E-state index is 13.1. The summed E-state index contributed by atoms with van der Waals surface area (Å²) in [4.78, 5) is 17.8. The van der Waals surface area contributed by atoms with Crippen LogP contribution in [0.5, 0.6) is 11.5 Å². The maximum absolute atomic E-state index is 13.1. The second kappa shape index (κ2) is 8.99. The van der Waals surface area contributed by atoms with Gasteiger partial charge >= 0.3 is 0 Å². The molecule has 0 spiro atoms. The Kier molecular flexibility index (Phi) is 5.72. The van der Waals surface area contributed by atoms with Gasteiger partial charge in [-0.15, -0.1) is 11.3 Å². The van der Waals surface area contributed by atoms with Crippen molar-refractivity contribution >= 4 is 27.3 Å². The van der Waals surface area contributed by atoms with Gasteiger partial charge in [0.15, 0.2) is 11.5 Å². The number of hydrogen-bond donors (Lipinski definition) is 0. The van der Waals surface area contributed by atoms with Crippen LogP contribution in [-0.4, -0.2) is 55.2 Å². The summed E-state index contributed by atoms with van der Waals surface area (Å²) in [5.41, 5.74) is 3.79. The zero-order valence-corrected chi connectivity index (χ0v) is 19.7. The minimum atomic E-state index is 0.245. The monoisotopic (exact) mass is 462 g/mol. The Hall–Kier alpha value is -2.57. The fourth-order valence-corrected chi connectivity index (χ4v) is 6.59. The molecule has 0 bridgehead atoms. The fourth-order valence-electron chi connectivity index (χ4n) is 5.59. The molecule has 1 aromatic heterocycles. The van der Waals surface area contributed by atoms with Gasteiger partial charge in [-0.25, -0.2) is 0 Å². The average molecular weight is 463 g/mol. The van der Waals surface area contributed by atoms with E-state index in [2.05, 4.69) is 45.5 Å². The van der Waals surface area contributed by atoms with E-state index in [1.54, 1.807) is 0 Å². The fraction of sp³-hybridized carbons (Fsp3) is 0.444. The number of piperidine rings is 1. The molecule has 0 radical (unpaired) electrons. The smallest absolute Gasteiger partial charge is 0.231 e. The molecule has 6 heteroatoms. The molecule has 1 unspecified atom stereocenters. The molecule has 6 rings (SSSR count). The lowest BCUT2D eigenvalue weighted by Crippen LogP contribution is -2.43. The Labute approximate surface area is 198 Å². The van der Waals surface area contributed by atoms with Crippen LogP contribution in [0.2, 0.25) is 0 Å². The van der Waals surface area contributed by atoms with Crippen molar-refractivity contribution in [3.8, 4) is 11.5 Å². The van der Waals surface area contributed by atoms with Crippen molar-refractivity contribution in [3.63, 3.8) is 0 Å². The highest BCUT2D eigenvalue weighted by molar-refractivity contribution is 7.17. The summed E-state index contributed by atoms with van der Waals surface area (Å²) < 4.78 is 12.4. The van der Waals surface area contributed by atoms with E-state index in [4.69, 9.17) is 9.47 Å². The van der Waals surface area contributed by atoms with Gasteiger partial charge < -0.3 is 19.3 Å². The van der Waals surface area contributed by atoms with Gasteiger partial charge in [-0.2, -0.15) is 0 Å². The normalized spacial score (nSPS) is 20.8. The highest BCUT2D eigenvalue weighted by Crippen LogP contribution is 2.36. The third kappa shape index (κ3) is 4.34. The molecule has 4 heterocycles. The van der Waals surface area contributed by atoms with E-state index < -0.39 is 0 Å². The summed E-state index contributed by atoms with van der Waals surface area (Å²) in [5, 5.41) is 3.73. The number of fused-ring (bicyclic) bond motifs is 3. The van der Waals surface area contributed by atoms with E-state index in [1.165, 1.54) is 40.6 Å². The number of likely N-dealkylation sites (tertiary alicyclic amines) is 1. The molecule has 5 nitrogen and oxygen atoms in total. The van der Waals surface area contributed by atoms with Crippen molar-refractivity contribution in [2.75, 3.05) is 39.5 Å². The predicted octanol–water partition coefficient (Wildman–Crippen LogP) is 4.51. The van der Waals surface area contributed by atoms with Crippen LogP contribution >= 0.6 is 11.3 Å². The van der Waals surface area contributed by atoms with Crippen molar-refractivity contribution in [3.05, 3.63) is 58.5 Å². The Morgan fingerprint density at radius 2 is 1.91 bits per heavy atom. The number of nitrogens with zero attached hydrogens (tertiary/aromatic N) is 2. The summed E-state index contributed by atoms with van der Waals surface area (Å²) in [7, 11) is 0. The highest BCUT2D eigenvalue weighted by atomic mass is 32.1. The van der Waals surface area contributed by atoms with Crippen molar-refractivity contribution in [2.24, 2.45) is 5.92 Å². The standard InChI is InChI=1S/C27H30N2O3S/c30-27-14-22-13-25-24(31-18-32-25)12-20(22)8-11-29(27)16-19-4-3-9-28(15-19)10-7-21-17-33-26-6-2-1-5-23(21)26/h1-2,5-6,12-13,17,19H,3-4,7-11,14-16,18H2. The van der Waals surface area contributed by atoms with Crippen LogP contribution in [0.1, 0.15) is 29.5 Å². The number of carbonyl (C=O) groups excluding carboxylic acids is 1. The van der Waals surface area contributed by atoms with Crippen LogP contribution in [0.4, 0.5) is 0 Å². The SMILES string of the molecule is O=C1Cc2cc3c(cc2CCN1CC1CCCN(CCc2csc4ccccc24)C1)OCO3. The molecule has 3 aliphatic heterocycles. The van der Waals surface area contributed by atoms with E-state index in [-0.39, 0.29) is 12.7 Å². The number of hydrogen-bond acceptors (Lipinski definition) is 5. The summed E-state index contributed by atoms with van der Waals surface area (Å²) in [6, 6.07) is 12.8. The lowest BCUT2D eigenvalue weighted by Gasteiger charge is -2.35. The zero-order valence-electron chi connectivity index (χ0n) is 18.9. The minimum Gasteiger partial charge on any atom is -0.454 e. The second-order valence-electron chi connectivity index (χ2n) is 9.56. The Morgan fingerprint density at radius 1 is 1.06 bits per heavy atom. The number of ether oxygens (including phenoxy) is 2. The predicted molar refractivity (Wildman–Crippen MR) is 131 cm³/mol. The van der Waals surface area contributed by atoms with Gasteiger partial charge in [-0.05, 0) is 83.8 Å². The molecular formula is C27H30N2O3S. The van der Waals surface area contributed by atoms with Crippen LogP contribution in [0.25, 0.3) is 10.1 Å². The number of rotatable bonds is 5. The first-order valence-electron chi connectivity index (χ1n) is 12.1. The van der Waals surface area contributed by atoms with Crippen LogP contribution in [0, 0.1) is 5.92 Å². The van der Waals surface area contributed by atoms with E-state index >= 15 is 0 Å². The largest absolute Gasteiger partial charge is 0.454 e. The molecule has 0 N–H and O–H groups in total. The molecular weight excluding hydrogens is 432 g/mol. The molecule has 3 aliphatic rings. The molecule has 1 amide bonds.